The van der Waals surface area contributed by atoms with Crippen molar-refractivity contribution in [3.8, 4) is 0 Å². The molecule has 2 fully saturated rings. The minimum Gasteiger partial charge on any atom is -0.341 e. The van der Waals surface area contributed by atoms with Gasteiger partial charge in [-0.3, -0.25) is 9.59 Å². The monoisotopic (exact) mass is 408 g/mol. The Labute approximate surface area is 178 Å². The van der Waals surface area contributed by atoms with Gasteiger partial charge in [0.25, 0.3) is 0 Å². The number of carbonyl (C=O) groups excluding carboxylic acids is 2. The number of piperidine rings is 1. The smallest absolute Gasteiger partial charge is 0.245 e. The summed E-state index contributed by atoms with van der Waals surface area (Å²) in [6.07, 6.45) is 4.95. The molecule has 1 unspecified atom stereocenters. The summed E-state index contributed by atoms with van der Waals surface area (Å²) >= 11 is 0. The van der Waals surface area contributed by atoms with E-state index in [2.05, 4.69) is 52.0 Å². The quantitative estimate of drug-likeness (QED) is 0.637. The van der Waals surface area contributed by atoms with Gasteiger partial charge in [0.2, 0.25) is 11.8 Å². The van der Waals surface area contributed by atoms with E-state index in [4.69, 9.17) is 0 Å². The van der Waals surface area contributed by atoms with E-state index in [0.717, 1.165) is 51.9 Å². The van der Waals surface area contributed by atoms with Crippen LogP contribution in [-0.4, -0.2) is 85.4 Å². The van der Waals surface area contributed by atoms with Crippen LogP contribution in [0.5, 0.6) is 0 Å². The molecular weight excluding hydrogens is 364 g/mol. The maximum atomic E-state index is 13.5. The maximum absolute atomic E-state index is 13.5. The highest BCUT2D eigenvalue weighted by Gasteiger charge is 2.39. The predicted octanol–water partition coefficient (Wildman–Crippen LogP) is 2.44. The molecule has 0 aliphatic carbocycles. The number of likely N-dealkylation sites (tertiary alicyclic amines) is 1. The molecule has 0 aromatic rings. The van der Waals surface area contributed by atoms with Crippen LogP contribution in [0.15, 0.2) is 0 Å². The van der Waals surface area contributed by atoms with Crippen LogP contribution in [0.2, 0.25) is 0 Å². The van der Waals surface area contributed by atoms with E-state index in [1.165, 1.54) is 6.42 Å². The summed E-state index contributed by atoms with van der Waals surface area (Å²) in [5.74, 6) is 1.83. The van der Waals surface area contributed by atoms with Crippen molar-refractivity contribution >= 4 is 11.8 Å². The van der Waals surface area contributed by atoms with E-state index in [1.807, 2.05) is 9.80 Å². The van der Waals surface area contributed by atoms with Crippen molar-refractivity contribution in [3.05, 3.63) is 0 Å². The molecule has 2 atom stereocenters. The minimum absolute atomic E-state index is 0.116. The van der Waals surface area contributed by atoms with Crippen molar-refractivity contribution in [1.82, 2.24) is 20.0 Å². The first-order chi connectivity index (χ1) is 13.7. The van der Waals surface area contributed by atoms with E-state index in [0.29, 0.717) is 24.3 Å². The van der Waals surface area contributed by atoms with E-state index < -0.39 is 0 Å². The van der Waals surface area contributed by atoms with Crippen molar-refractivity contribution in [2.45, 2.75) is 71.9 Å². The number of nitrogens with one attached hydrogen (secondary N) is 1. The Hall–Kier alpha value is -1.14. The molecule has 0 saturated carbocycles. The molecular formula is C23H44N4O2. The third-order valence-electron chi connectivity index (χ3n) is 6.30. The lowest BCUT2D eigenvalue weighted by atomic mass is 9.92. The van der Waals surface area contributed by atoms with Gasteiger partial charge in [-0.1, -0.05) is 27.7 Å². The molecule has 0 aromatic carbocycles. The van der Waals surface area contributed by atoms with E-state index in [1.54, 1.807) is 0 Å². The zero-order valence-electron chi connectivity index (χ0n) is 19.6. The van der Waals surface area contributed by atoms with Gasteiger partial charge in [-0.25, -0.2) is 0 Å². The Morgan fingerprint density at radius 1 is 1.10 bits per heavy atom. The molecule has 168 valence electrons. The number of piperazine rings is 1. The Bertz CT molecular complexity index is 527. The second-order valence-corrected chi connectivity index (χ2v) is 10.2. The highest BCUT2D eigenvalue weighted by atomic mass is 16.2. The molecule has 2 amide bonds. The molecule has 29 heavy (non-hydrogen) atoms. The average molecular weight is 409 g/mol. The van der Waals surface area contributed by atoms with Crippen molar-refractivity contribution in [2.75, 3.05) is 46.8 Å². The van der Waals surface area contributed by atoms with Crippen LogP contribution in [0, 0.1) is 17.8 Å². The molecule has 2 aliphatic heterocycles. The summed E-state index contributed by atoms with van der Waals surface area (Å²) in [6.45, 7) is 12.8. The largest absolute Gasteiger partial charge is 0.341 e. The highest BCUT2D eigenvalue weighted by Crippen LogP contribution is 2.24. The lowest BCUT2D eigenvalue weighted by molar-refractivity contribution is -0.150. The lowest BCUT2D eigenvalue weighted by Crippen LogP contribution is -2.62. The summed E-state index contributed by atoms with van der Waals surface area (Å²) < 4.78 is 0. The normalized spacial score (nSPS) is 22.8. The van der Waals surface area contributed by atoms with Gasteiger partial charge in [-0.05, 0) is 70.5 Å². The van der Waals surface area contributed by atoms with Gasteiger partial charge >= 0.3 is 0 Å². The van der Waals surface area contributed by atoms with E-state index in [-0.39, 0.29) is 23.9 Å². The molecule has 0 spiro atoms. The van der Waals surface area contributed by atoms with Crippen molar-refractivity contribution in [2.24, 2.45) is 17.8 Å². The summed E-state index contributed by atoms with van der Waals surface area (Å²) in [6, 6.07) is -0.458. The number of rotatable bonds is 9. The molecule has 6 nitrogen and oxygen atoms in total. The predicted molar refractivity (Wildman–Crippen MR) is 119 cm³/mol. The van der Waals surface area contributed by atoms with Crippen LogP contribution in [0.1, 0.15) is 59.8 Å². The van der Waals surface area contributed by atoms with Crippen LogP contribution in [-0.2, 0) is 9.59 Å². The van der Waals surface area contributed by atoms with Gasteiger partial charge in [0.1, 0.15) is 6.04 Å². The summed E-state index contributed by atoms with van der Waals surface area (Å²) in [7, 11) is 4.23. The Kier molecular flexibility index (Phi) is 9.41. The first kappa shape index (κ1) is 24.1. The van der Waals surface area contributed by atoms with Crippen LogP contribution in [0.4, 0.5) is 0 Å². The van der Waals surface area contributed by atoms with Crippen LogP contribution < -0.4 is 5.32 Å². The molecule has 0 bridgehead atoms. The third-order valence-corrected chi connectivity index (χ3v) is 6.30. The molecule has 6 heteroatoms. The lowest BCUT2D eigenvalue weighted by Gasteiger charge is -2.42. The van der Waals surface area contributed by atoms with Crippen LogP contribution in [0.3, 0.4) is 0 Å². The summed E-state index contributed by atoms with van der Waals surface area (Å²) in [5.41, 5.74) is 0. The standard InChI is InChI=1S/C23H44N4O2/c1-17(2)15-20-22(28)27(14-10-24-20)21(16-18(3)4)23(29)26-12-8-19(9-13-26)7-11-25(5)6/h17-21,24H,7-16H2,1-6H3/t20-,21?/m0/s1. The molecule has 2 heterocycles. The highest BCUT2D eigenvalue weighted by molar-refractivity contribution is 5.90. The second kappa shape index (κ2) is 11.3. The molecule has 2 aliphatic rings. The maximum Gasteiger partial charge on any atom is 0.245 e. The van der Waals surface area contributed by atoms with E-state index in [9.17, 15) is 9.59 Å². The first-order valence-corrected chi connectivity index (χ1v) is 11.7. The molecule has 0 aromatic heterocycles. The van der Waals surface area contributed by atoms with Crippen molar-refractivity contribution < 1.29 is 9.59 Å². The molecule has 0 radical (unpaired) electrons. The summed E-state index contributed by atoms with van der Waals surface area (Å²) in [4.78, 5) is 32.8. The fourth-order valence-electron chi connectivity index (χ4n) is 4.62. The Morgan fingerprint density at radius 2 is 1.76 bits per heavy atom. The van der Waals surface area contributed by atoms with Gasteiger partial charge in [-0.2, -0.15) is 0 Å². The number of amides is 2. The fourth-order valence-corrected chi connectivity index (χ4v) is 4.62. The molecule has 2 saturated heterocycles. The average Bonchev–Trinajstić information content (AvgIpc) is 2.66. The third kappa shape index (κ3) is 7.25. The Balaban J connectivity index is 2.02. The zero-order chi connectivity index (χ0) is 21.6. The van der Waals surface area contributed by atoms with Gasteiger partial charge in [0.05, 0.1) is 6.04 Å². The van der Waals surface area contributed by atoms with E-state index >= 15 is 0 Å². The SMILES string of the molecule is CC(C)CC(C(=O)N1CCC(CCN(C)C)CC1)N1CCN[C@@H](CC(C)C)C1=O. The topological polar surface area (TPSA) is 55.9 Å². The zero-order valence-corrected chi connectivity index (χ0v) is 19.6. The minimum atomic E-state index is -0.308. The Morgan fingerprint density at radius 3 is 2.31 bits per heavy atom. The first-order valence-electron chi connectivity index (χ1n) is 11.7. The van der Waals surface area contributed by atoms with Gasteiger partial charge < -0.3 is 20.0 Å². The number of hydrogen-bond acceptors (Lipinski definition) is 4. The molecule has 2 rings (SSSR count). The van der Waals surface area contributed by atoms with Crippen LogP contribution >= 0.6 is 0 Å². The number of carbonyl (C=O) groups is 2. The second-order valence-electron chi connectivity index (χ2n) is 10.2. The number of nitrogens with zero attached hydrogens (tertiary/aromatic N) is 3. The van der Waals surface area contributed by atoms with Gasteiger partial charge in [0, 0.05) is 26.2 Å². The number of hydrogen-bond donors (Lipinski definition) is 1. The molecule has 1 N–H and O–H groups in total. The van der Waals surface area contributed by atoms with Crippen molar-refractivity contribution in [1.29, 1.82) is 0 Å². The van der Waals surface area contributed by atoms with Crippen LogP contribution in [0.25, 0.3) is 0 Å². The van der Waals surface area contributed by atoms with Gasteiger partial charge in [0.15, 0.2) is 0 Å². The summed E-state index contributed by atoms with van der Waals surface area (Å²) in [5, 5.41) is 3.37. The van der Waals surface area contributed by atoms with Crippen molar-refractivity contribution in [3.63, 3.8) is 0 Å². The van der Waals surface area contributed by atoms with Gasteiger partial charge in [-0.15, -0.1) is 0 Å². The fraction of sp³-hybridized carbons (Fsp3) is 0.913.